The van der Waals surface area contributed by atoms with Gasteiger partial charge in [-0.05, 0) is 41.3 Å². The van der Waals surface area contributed by atoms with E-state index >= 15 is 0 Å². The maximum absolute atomic E-state index is 12.5. The number of nitrogens with zero attached hydrogens (tertiary/aromatic N) is 1. The van der Waals surface area contributed by atoms with Crippen LogP contribution in [-0.4, -0.2) is 34.5 Å². The Labute approximate surface area is 156 Å². The van der Waals surface area contributed by atoms with Crippen LogP contribution in [0.3, 0.4) is 0 Å². The molecule has 0 aliphatic carbocycles. The van der Waals surface area contributed by atoms with Gasteiger partial charge in [0.15, 0.2) is 0 Å². The van der Waals surface area contributed by atoms with E-state index in [1.54, 1.807) is 11.6 Å². The first-order valence-electron chi connectivity index (χ1n) is 8.85. The van der Waals surface area contributed by atoms with Gasteiger partial charge in [0, 0.05) is 13.0 Å². The maximum atomic E-state index is 12.5. The van der Waals surface area contributed by atoms with E-state index in [0.717, 1.165) is 16.3 Å². The number of rotatable bonds is 7. The monoisotopic (exact) mass is 367 g/mol. The predicted octanol–water partition coefficient (Wildman–Crippen LogP) is 2.80. The van der Waals surface area contributed by atoms with E-state index in [9.17, 15) is 14.4 Å². The number of hydroxylamine groups is 1. The van der Waals surface area contributed by atoms with Gasteiger partial charge in [0.1, 0.15) is 5.70 Å². The number of unbranched alkanes of at least 4 members (excludes halogenated alkanes) is 2. The zero-order valence-corrected chi connectivity index (χ0v) is 14.8. The van der Waals surface area contributed by atoms with Crippen molar-refractivity contribution in [3.8, 4) is 0 Å². The molecule has 2 aromatic rings. The minimum Gasteiger partial charge on any atom is -0.303 e. The molecule has 0 radical (unpaired) electrons. The van der Waals surface area contributed by atoms with Crippen LogP contribution < -0.4 is 10.8 Å². The van der Waals surface area contributed by atoms with Crippen LogP contribution in [0.1, 0.15) is 31.2 Å². The molecule has 0 aromatic heterocycles. The lowest BCUT2D eigenvalue weighted by molar-refractivity contribution is -0.129. The summed E-state index contributed by atoms with van der Waals surface area (Å²) < 4.78 is 0. The first-order valence-corrected chi connectivity index (χ1v) is 8.85. The normalized spacial score (nSPS) is 15.4. The molecule has 1 fully saturated rings. The highest BCUT2D eigenvalue weighted by molar-refractivity contribution is 6.14. The van der Waals surface area contributed by atoms with Crippen molar-refractivity contribution >= 4 is 34.7 Å². The zero-order chi connectivity index (χ0) is 19.2. The van der Waals surface area contributed by atoms with Gasteiger partial charge in [0.05, 0.1) is 0 Å². The predicted molar refractivity (Wildman–Crippen MR) is 101 cm³/mol. The van der Waals surface area contributed by atoms with Gasteiger partial charge in [-0.1, -0.05) is 42.8 Å². The van der Waals surface area contributed by atoms with E-state index in [2.05, 4.69) is 5.32 Å². The molecule has 1 aliphatic heterocycles. The van der Waals surface area contributed by atoms with Crippen LogP contribution in [0.5, 0.6) is 0 Å². The molecular weight excluding hydrogens is 346 g/mol. The molecule has 0 saturated carbocycles. The quantitative estimate of drug-likeness (QED) is 0.230. The van der Waals surface area contributed by atoms with Crippen LogP contribution in [0, 0.1) is 0 Å². The number of fused-ring (bicyclic) bond motifs is 1. The average Bonchev–Trinajstić information content (AvgIpc) is 2.94. The lowest BCUT2D eigenvalue weighted by atomic mass is 10.1. The number of benzene rings is 2. The SMILES string of the molecule is O=C(CCCCCN1C(=O)NC(=Cc2ccc3ccccc3c2)C1=O)NO. The molecule has 140 valence electrons. The van der Waals surface area contributed by atoms with Crippen molar-refractivity contribution in [1.29, 1.82) is 0 Å². The van der Waals surface area contributed by atoms with Gasteiger partial charge < -0.3 is 5.32 Å². The van der Waals surface area contributed by atoms with E-state index in [0.29, 0.717) is 25.8 Å². The van der Waals surface area contributed by atoms with Crippen LogP contribution in [0.25, 0.3) is 16.8 Å². The van der Waals surface area contributed by atoms with E-state index in [-0.39, 0.29) is 18.0 Å². The van der Waals surface area contributed by atoms with Crippen molar-refractivity contribution in [2.75, 3.05) is 6.54 Å². The van der Waals surface area contributed by atoms with Gasteiger partial charge in [-0.15, -0.1) is 0 Å². The molecule has 3 N–H and O–H groups in total. The molecule has 1 heterocycles. The number of imide groups is 1. The zero-order valence-electron chi connectivity index (χ0n) is 14.8. The fourth-order valence-electron chi connectivity index (χ4n) is 3.03. The van der Waals surface area contributed by atoms with E-state index in [1.165, 1.54) is 4.90 Å². The van der Waals surface area contributed by atoms with Crippen molar-refractivity contribution in [3.63, 3.8) is 0 Å². The second kappa shape index (κ2) is 8.46. The fraction of sp³-hybridized carbons (Fsp3) is 0.250. The number of amides is 4. The molecule has 0 unspecified atom stereocenters. The van der Waals surface area contributed by atoms with Crippen LogP contribution in [0.4, 0.5) is 4.79 Å². The van der Waals surface area contributed by atoms with Crippen LogP contribution in [0.2, 0.25) is 0 Å². The van der Waals surface area contributed by atoms with Crippen molar-refractivity contribution in [1.82, 2.24) is 15.7 Å². The molecule has 0 bridgehead atoms. The standard InChI is InChI=1S/C20H21N3O4/c24-18(22-27)8-2-1-5-11-23-19(25)17(21-20(23)26)13-14-9-10-15-6-3-4-7-16(15)12-14/h3-4,6-7,9-10,12-13,27H,1-2,5,8,11H2,(H,21,26)(H,22,24). The van der Waals surface area contributed by atoms with E-state index in [4.69, 9.17) is 5.21 Å². The fourth-order valence-corrected chi connectivity index (χ4v) is 3.03. The third kappa shape index (κ3) is 4.51. The number of nitrogens with one attached hydrogen (secondary N) is 2. The summed E-state index contributed by atoms with van der Waals surface area (Å²) in [6, 6.07) is 13.4. The van der Waals surface area contributed by atoms with Gasteiger partial charge in [-0.25, -0.2) is 10.3 Å². The van der Waals surface area contributed by atoms with Crippen molar-refractivity contribution in [2.24, 2.45) is 0 Å². The average molecular weight is 367 g/mol. The van der Waals surface area contributed by atoms with Gasteiger partial charge in [-0.3, -0.25) is 19.7 Å². The number of hydrogen-bond acceptors (Lipinski definition) is 4. The summed E-state index contributed by atoms with van der Waals surface area (Å²) in [5, 5.41) is 13.2. The molecule has 3 rings (SSSR count). The minimum atomic E-state index is -0.439. The van der Waals surface area contributed by atoms with Crippen molar-refractivity contribution in [2.45, 2.75) is 25.7 Å². The van der Waals surface area contributed by atoms with Gasteiger partial charge in [0.2, 0.25) is 5.91 Å². The van der Waals surface area contributed by atoms with Crippen molar-refractivity contribution < 1.29 is 19.6 Å². The molecule has 4 amide bonds. The van der Waals surface area contributed by atoms with Crippen LogP contribution in [-0.2, 0) is 9.59 Å². The van der Waals surface area contributed by atoms with Crippen molar-refractivity contribution in [3.05, 3.63) is 53.7 Å². The molecule has 0 atom stereocenters. The molecule has 2 aromatic carbocycles. The first-order chi connectivity index (χ1) is 13.1. The van der Waals surface area contributed by atoms with Gasteiger partial charge in [-0.2, -0.15) is 0 Å². The highest BCUT2D eigenvalue weighted by atomic mass is 16.5. The Morgan fingerprint density at radius 3 is 2.63 bits per heavy atom. The Morgan fingerprint density at radius 1 is 1.07 bits per heavy atom. The Bertz CT molecular complexity index is 907. The second-order valence-corrected chi connectivity index (χ2v) is 6.40. The number of carbonyl (C=O) groups is 3. The summed E-state index contributed by atoms with van der Waals surface area (Å²) in [7, 11) is 0. The summed E-state index contributed by atoms with van der Waals surface area (Å²) in [6.45, 7) is 0.292. The smallest absolute Gasteiger partial charge is 0.303 e. The molecule has 1 aliphatic rings. The summed E-state index contributed by atoms with van der Waals surface area (Å²) >= 11 is 0. The van der Waals surface area contributed by atoms with Gasteiger partial charge >= 0.3 is 6.03 Å². The number of hydrogen-bond donors (Lipinski definition) is 3. The number of urea groups is 1. The molecule has 0 spiro atoms. The molecule has 7 nitrogen and oxygen atoms in total. The third-order valence-corrected chi connectivity index (χ3v) is 4.46. The highest BCUT2D eigenvalue weighted by Gasteiger charge is 2.32. The Kier molecular flexibility index (Phi) is 5.83. The molecular formula is C20H21N3O4. The minimum absolute atomic E-state index is 0.212. The molecule has 1 saturated heterocycles. The Hall–Kier alpha value is -3.19. The lowest BCUT2D eigenvalue weighted by Crippen LogP contribution is -2.31. The van der Waals surface area contributed by atoms with E-state index < -0.39 is 11.9 Å². The second-order valence-electron chi connectivity index (χ2n) is 6.40. The maximum Gasteiger partial charge on any atom is 0.329 e. The summed E-state index contributed by atoms with van der Waals surface area (Å²) in [4.78, 5) is 36.7. The summed E-state index contributed by atoms with van der Waals surface area (Å²) in [5.74, 6) is -0.785. The van der Waals surface area contributed by atoms with E-state index in [1.807, 2.05) is 42.5 Å². The van der Waals surface area contributed by atoms with Crippen LogP contribution in [0.15, 0.2) is 48.2 Å². The number of carbonyl (C=O) groups excluding carboxylic acids is 3. The summed E-state index contributed by atoms with van der Waals surface area (Å²) in [5.41, 5.74) is 2.68. The lowest BCUT2D eigenvalue weighted by Gasteiger charge is -2.11. The Morgan fingerprint density at radius 2 is 1.85 bits per heavy atom. The molecule has 7 heteroatoms. The third-order valence-electron chi connectivity index (χ3n) is 4.46. The summed E-state index contributed by atoms with van der Waals surface area (Å²) in [6.07, 6.45) is 3.74. The highest BCUT2D eigenvalue weighted by Crippen LogP contribution is 2.19. The van der Waals surface area contributed by atoms with Gasteiger partial charge in [0.25, 0.3) is 5.91 Å². The largest absolute Gasteiger partial charge is 0.329 e. The Balaban J connectivity index is 1.61. The molecule has 27 heavy (non-hydrogen) atoms. The topological polar surface area (TPSA) is 98.7 Å². The first kappa shape index (κ1) is 18.6. The van der Waals surface area contributed by atoms with Crippen LogP contribution >= 0.6 is 0 Å².